The third-order valence-corrected chi connectivity index (χ3v) is 7.06. The molecule has 7 aromatic rings. The second kappa shape index (κ2) is 8.42. The fourth-order valence-corrected chi connectivity index (χ4v) is 5.18. The third-order valence-electron chi connectivity index (χ3n) is 7.06. The van der Waals surface area contributed by atoms with E-state index in [4.69, 9.17) is 9.97 Å². The van der Waals surface area contributed by atoms with Gasteiger partial charge in [0.1, 0.15) is 0 Å². The second-order valence-corrected chi connectivity index (χ2v) is 9.79. The van der Waals surface area contributed by atoms with Gasteiger partial charge in [-0.1, -0.05) is 71.8 Å². The van der Waals surface area contributed by atoms with Crippen LogP contribution in [0.1, 0.15) is 11.1 Å². The Kier molecular flexibility index (Phi) is 4.90. The van der Waals surface area contributed by atoms with Crippen LogP contribution >= 0.6 is 0 Å². The lowest BCUT2D eigenvalue weighted by Gasteiger charge is -2.26. The molecule has 0 fully saturated rings. The predicted octanol–water partition coefficient (Wildman–Crippen LogP) is 9.18. The molecule has 0 atom stereocenters. The molecule has 0 saturated heterocycles. The number of anilines is 3. The fourth-order valence-electron chi connectivity index (χ4n) is 5.18. The van der Waals surface area contributed by atoms with Crippen LogP contribution in [0.2, 0.25) is 0 Å². The molecule has 0 N–H and O–H groups in total. The van der Waals surface area contributed by atoms with Crippen molar-refractivity contribution in [3.63, 3.8) is 0 Å². The molecule has 7 rings (SSSR count). The highest BCUT2D eigenvalue weighted by atomic mass is 15.1. The van der Waals surface area contributed by atoms with Crippen LogP contribution in [0.3, 0.4) is 0 Å². The largest absolute Gasteiger partial charge is 0.310 e. The van der Waals surface area contributed by atoms with Crippen molar-refractivity contribution in [2.75, 3.05) is 4.90 Å². The Morgan fingerprint density at radius 2 is 0.838 bits per heavy atom. The van der Waals surface area contributed by atoms with E-state index < -0.39 is 0 Å². The SMILES string of the molecule is Cc1ccc2cc(N(c3ccc4cc(C)ccc4c3)c3ccc4nc5ccccc5nc4c3)ccc2c1. The summed E-state index contributed by atoms with van der Waals surface area (Å²) >= 11 is 0. The number of para-hydroxylation sites is 2. The van der Waals surface area contributed by atoms with Crippen LogP contribution in [0.15, 0.2) is 115 Å². The van der Waals surface area contributed by atoms with E-state index in [0.29, 0.717) is 0 Å². The molecule has 0 amide bonds. The highest BCUT2D eigenvalue weighted by Crippen LogP contribution is 2.38. The minimum atomic E-state index is 0.883. The van der Waals surface area contributed by atoms with Crippen molar-refractivity contribution in [2.24, 2.45) is 0 Å². The maximum Gasteiger partial charge on any atom is 0.0915 e. The fraction of sp³-hybridized carbons (Fsp3) is 0.0588. The normalized spacial score (nSPS) is 11.5. The first-order valence-corrected chi connectivity index (χ1v) is 12.6. The third kappa shape index (κ3) is 3.85. The van der Waals surface area contributed by atoms with E-state index in [1.807, 2.05) is 24.3 Å². The summed E-state index contributed by atoms with van der Waals surface area (Å²) in [5.74, 6) is 0. The van der Waals surface area contributed by atoms with Crippen LogP contribution in [0.5, 0.6) is 0 Å². The van der Waals surface area contributed by atoms with Crippen LogP contribution in [0.25, 0.3) is 43.6 Å². The first-order chi connectivity index (χ1) is 18.1. The van der Waals surface area contributed by atoms with Crippen molar-refractivity contribution < 1.29 is 0 Å². The molecule has 3 heteroatoms. The van der Waals surface area contributed by atoms with Crippen molar-refractivity contribution in [1.82, 2.24) is 9.97 Å². The summed E-state index contributed by atoms with van der Waals surface area (Å²) < 4.78 is 0. The van der Waals surface area contributed by atoms with E-state index in [-0.39, 0.29) is 0 Å². The van der Waals surface area contributed by atoms with Crippen LogP contribution in [0, 0.1) is 13.8 Å². The van der Waals surface area contributed by atoms with Gasteiger partial charge in [-0.3, -0.25) is 0 Å². The van der Waals surface area contributed by atoms with Crippen LogP contribution in [-0.4, -0.2) is 9.97 Å². The van der Waals surface area contributed by atoms with Gasteiger partial charge in [0.2, 0.25) is 0 Å². The van der Waals surface area contributed by atoms with Gasteiger partial charge in [-0.2, -0.15) is 0 Å². The maximum atomic E-state index is 4.94. The molecule has 37 heavy (non-hydrogen) atoms. The summed E-state index contributed by atoms with van der Waals surface area (Å²) in [5, 5.41) is 4.93. The molecule has 0 unspecified atom stereocenters. The summed E-state index contributed by atoms with van der Waals surface area (Å²) in [4.78, 5) is 12.1. The number of hydrogen-bond acceptors (Lipinski definition) is 3. The van der Waals surface area contributed by atoms with Crippen molar-refractivity contribution in [1.29, 1.82) is 0 Å². The molecule has 0 aliphatic rings. The number of nitrogens with zero attached hydrogens (tertiary/aromatic N) is 3. The molecule has 3 nitrogen and oxygen atoms in total. The molecule has 6 aromatic carbocycles. The molecule has 1 heterocycles. The molecule has 1 aromatic heterocycles. The number of aromatic nitrogens is 2. The first kappa shape index (κ1) is 21.5. The van der Waals surface area contributed by atoms with E-state index >= 15 is 0 Å². The minimum Gasteiger partial charge on any atom is -0.310 e. The quantitative estimate of drug-likeness (QED) is 0.239. The van der Waals surface area contributed by atoms with Gasteiger partial charge >= 0.3 is 0 Å². The molecular weight excluding hydrogens is 450 g/mol. The number of aryl methyl sites for hydroxylation is 2. The van der Waals surface area contributed by atoms with Crippen LogP contribution in [0.4, 0.5) is 17.1 Å². The Bertz CT molecular complexity index is 1890. The maximum absolute atomic E-state index is 4.94. The summed E-state index contributed by atoms with van der Waals surface area (Å²) in [6.45, 7) is 4.27. The Hall–Kier alpha value is -4.76. The van der Waals surface area contributed by atoms with Crippen LogP contribution < -0.4 is 4.90 Å². The van der Waals surface area contributed by atoms with Crippen molar-refractivity contribution in [2.45, 2.75) is 13.8 Å². The average Bonchev–Trinajstić information content (AvgIpc) is 2.92. The van der Waals surface area contributed by atoms with Crippen molar-refractivity contribution in [3.05, 3.63) is 126 Å². The summed E-state index contributed by atoms with van der Waals surface area (Å²) in [6.07, 6.45) is 0. The van der Waals surface area contributed by atoms with Gasteiger partial charge in [0, 0.05) is 17.1 Å². The highest BCUT2D eigenvalue weighted by molar-refractivity contribution is 5.95. The Balaban J connectivity index is 1.45. The zero-order valence-corrected chi connectivity index (χ0v) is 20.8. The lowest BCUT2D eigenvalue weighted by molar-refractivity contribution is 1.29. The Labute approximate surface area is 215 Å². The number of hydrogen-bond donors (Lipinski definition) is 0. The van der Waals surface area contributed by atoms with E-state index in [9.17, 15) is 0 Å². The van der Waals surface area contributed by atoms with E-state index in [1.165, 1.54) is 32.7 Å². The van der Waals surface area contributed by atoms with Crippen LogP contribution in [-0.2, 0) is 0 Å². The zero-order chi connectivity index (χ0) is 24.9. The zero-order valence-electron chi connectivity index (χ0n) is 20.8. The number of rotatable bonds is 3. The lowest BCUT2D eigenvalue weighted by atomic mass is 10.0. The van der Waals surface area contributed by atoms with Gasteiger partial charge in [0.05, 0.1) is 22.1 Å². The Morgan fingerprint density at radius 1 is 0.405 bits per heavy atom. The van der Waals surface area contributed by atoms with Crippen molar-refractivity contribution in [3.8, 4) is 0 Å². The smallest absolute Gasteiger partial charge is 0.0915 e. The topological polar surface area (TPSA) is 29.0 Å². The molecule has 0 spiro atoms. The van der Waals surface area contributed by atoms with E-state index in [0.717, 1.165) is 39.1 Å². The summed E-state index contributed by atoms with van der Waals surface area (Å²) in [6, 6.07) is 41.0. The van der Waals surface area contributed by atoms with E-state index in [2.05, 4.69) is 110 Å². The monoisotopic (exact) mass is 475 g/mol. The molecule has 0 saturated carbocycles. The lowest BCUT2D eigenvalue weighted by Crippen LogP contribution is -2.10. The Morgan fingerprint density at radius 3 is 1.43 bits per heavy atom. The van der Waals surface area contributed by atoms with Gasteiger partial charge in [-0.05, 0) is 90.0 Å². The van der Waals surface area contributed by atoms with Gasteiger partial charge in [0.15, 0.2) is 0 Å². The summed E-state index contributed by atoms with van der Waals surface area (Å²) in [5.41, 5.74) is 9.39. The standard InChI is InChI=1S/C34H25N3/c1-22-7-9-26-19-28(13-11-24(26)17-22)37(29-14-12-25-18-23(2)8-10-27(25)20-29)30-15-16-33-34(21-30)36-32-6-4-3-5-31(32)35-33/h3-21H,1-2H3. The first-order valence-electron chi connectivity index (χ1n) is 12.6. The molecule has 0 aliphatic carbocycles. The average molecular weight is 476 g/mol. The molecule has 0 bridgehead atoms. The van der Waals surface area contributed by atoms with E-state index in [1.54, 1.807) is 0 Å². The van der Waals surface area contributed by atoms with Gasteiger partial charge < -0.3 is 4.90 Å². The molecule has 176 valence electrons. The summed E-state index contributed by atoms with van der Waals surface area (Å²) in [7, 11) is 0. The van der Waals surface area contributed by atoms with Gasteiger partial charge in [-0.25, -0.2) is 9.97 Å². The highest BCUT2D eigenvalue weighted by Gasteiger charge is 2.15. The van der Waals surface area contributed by atoms with Crippen molar-refractivity contribution >= 4 is 60.7 Å². The molecular formula is C34H25N3. The van der Waals surface area contributed by atoms with Gasteiger partial charge in [-0.15, -0.1) is 0 Å². The number of fused-ring (bicyclic) bond motifs is 4. The minimum absolute atomic E-state index is 0.883. The predicted molar refractivity (Wildman–Crippen MR) is 156 cm³/mol. The second-order valence-electron chi connectivity index (χ2n) is 9.79. The number of benzene rings is 6. The van der Waals surface area contributed by atoms with Gasteiger partial charge in [0.25, 0.3) is 0 Å². The molecule has 0 radical (unpaired) electrons. The molecule has 0 aliphatic heterocycles.